The van der Waals surface area contributed by atoms with Crippen LogP contribution in [0, 0.1) is 11.3 Å². The minimum atomic E-state index is -0.322. The largest absolute Gasteiger partial charge is 0.325 e. The zero-order valence-electron chi connectivity index (χ0n) is 11.7. The number of halogens is 1. The topological polar surface area (TPSA) is 78.7 Å². The number of nitrogens with one attached hydrogen (secondary N) is 1. The number of aromatic nitrogens is 2. The molecule has 0 aliphatic heterocycles. The molecule has 1 aromatic carbocycles. The summed E-state index contributed by atoms with van der Waals surface area (Å²) < 4.78 is 1.62. The van der Waals surface area contributed by atoms with Crippen LogP contribution in [0.5, 0.6) is 0 Å². The first-order valence-electron chi connectivity index (χ1n) is 6.08. The minimum Gasteiger partial charge on any atom is -0.325 e. The first-order valence-corrected chi connectivity index (χ1v) is 9.38. The van der Waals surface area contributed by atoms with Crippen LogP contribution in [0.4, 0.5) is 5.69 Å². The Morgan fingerprint density at radius 1 is 1.45 bits per heavy atom. The minimum absolute atomic E-state index is 0.160. The van der Waals surface area contributed by atoms with E-state index in [1.54, 1.807) is 25.1 Å². The molecule has 2 aromatic rings. The van der Waals surface area contributed by atoms with Crippen molar-refractivity contribution in [1.82, 2.24) is 10.2 Å². The average molecular weight is 371 g/mol. The lowest BCUT2D eigenvalue weighted by Crippen LogP contribution is -2.22. The van der Waals surface area contributed by atoms with E-state index in [0.717, 1.165) is 8.68 Å². The van der Waals surface area contributed by atoms with Crippen molar-refractivity contribution in [3.63, 3.8) is 0 Å². The highest BCUT2D eigenvalue weighted by Crippen LogP contribution is 2.30. The molecule has 114 valence electrons. The van der Waals surface area contributed by atoms with Crippen LogP contribution in [-0.4, -0.2) is 27.6 Å². The average Bonchev–Trinajstić information content (AvgIpc) is 2.95. The molecule has 1 heterocycles. The van der Waals surface area contributed by atoms with Gasteiger partial charge >= 0.3 is 0 Å². The second kappa shape index (κ2) is 7.83. The first kappa shape index (κ1) is 17.1. The Balaban J connectivity index is 1.99. The molecule has 1 N–H and O–H groups in total. The fourth-order valence-electron chi connectivity index (χ4n) is 1.46. The molecule has 1 amide bonds. The molecular weight excluding hydrogens is 360 g/mol. The number of hydrogen-bond donors (Lipinski definition) is 1. The van der Waals surface area contributed by atoms with Crippen molar-refractivity contribution in [1.29, 1.82) is 5.26 Å². The smallest absolute Gasteiger partial charge is 0.237 e. The number of nitrogens with zero attached hydrogens (tertiary/aromatic N) is 3. The number of thioether (sulfide) groups is 2. The van der Waals surface area contributed by atoms with E-state index in [0.29, 0.717) is 16.3 Å². The van der Waals surface area contributed by atoms with Gasteiger partial charge in [0.15, 0.2) is 8.68 Å². The molecule has 0 spiro atoms. The third kappa shape index (κ3) is 4.36. The number of rotatable bonds is 5. The van der Waals surface area contributed by atoms with Gasteiger partial charge in [0.2, 0.25) is 5.91 Å². The van der Waals surface area contributed by atoms with E-state index in [4.69, 9.17) is 16.9 Å². The molecule has 22 heavy (non-hydrogen) atoms. The van der Waals surface area contributed by atoms with Gasteiger partial charge in [-0.05, 0) is 31.4 Å². The number of anilines is 1. The first-order chi connectivity index (χ1) is 10.5. The summed E-state index contributed by atoms with van der Waals surface area (Å²) in [4.78, 5) is 12.2. The maximum atomic E-state index is 12.2. The van der Waals surface area contributed by atoms with Gasteiger partial charge < -0.3 is 5.32 Å². The van der Waals surface area contributed by atoms with Gasteiger partial charge in [0.25, 0.3) is 0 Å². The Morgan fingerprint density at radius 3 is 2.77 bits per heavy atom. The molecule has 9 heteroatoms. The van der Waals surface area contributed by atoms with Crippen LogP contribution in [-0.2, 0) is 4.79 Å². The summed E-state index contributed by atoms with van der Waals surface area (Å²) in [5, 5.41) is 19.6. The van der Waals surface area contributed by atoms with Gasteiger partial charge in [-0.15, -0.1) is 10.2 Å². The highest BCUT2D eigenvalue weighted by Gasteiger charge is 2.17. The van der Waals surface area contributed by atoms with E-state index in [-0.39, 0.29) is 11.2 Å². The van der Waals surface area contributed by atoms with Gasteiger partial charge in [0, 0.05) is 5.69 Å². The molecule has 0 bridgehead atoms. The number of benzene rings is 1. The Labute approximate surface area is 145 Å². The summed E-state index contributed by atoms with van der Waals surface area (Å²) in [7, 11) is 0. The van der Waals surface area contributed by atoms with Crippen molar-refractivity contribution < 1.29 is 4.79 Å². The summed E-state index contributed by atoms with van der Waals surface area (Å²) in [5.41, 5.74) is 0.934. The van der Waals surface area contributed by atoms with Crippen molar-refractivity contribution in [2.45, 2.75) is 20.9 Å². The van der Waals surface area contributed by atoms with Gasteiger partial charge in [-0.3, -0.25) is 4.79 Å². The molecule has 0 saturated carbocycles. The lowest BCUT2D eigenvalue weighted by molar-refractivity contribution is -0.115. The van der Waals surface area contributed by atoms with E-state index in [2.05, 4.69) is 15.5 Å². The molecule has 0 aliphatic rings. The molecule has 1 atom stereocenters. The third-order valence-corrected chi connectivity index (χ3v) is 5.96. The second-order valence-electron chi connectivity index (χ2n) is 4.09. The molecule has 0 aliphatic carbocycles. The van der Waals surface area contributed by atoms with Gasteiger partial charge in [-0.25, -0.2) is 0 Å². The van der Waals surface area contributed by atoms with Crippen molar-refractivity contribution in [2.24, 2.45) is 0 Å². The Bertz CT molecular complexity index is 728. The van der Waals surface area contributed by atoms with Crippen LogP contribution >= 0.6 is 46.5 Å². The Hall–Kier alpha value is -1.27. The van der Waals surface area contributed by atoms with Crippen molar-refractivity contribution in [2.75, 3.05) is 11.6 Å². The van der Waals surface area contributed by atoms with Crippen LogP contribution in [0.15, 0.2) is 26.9 Å². The van der Waals surface area contributed by atoms with E-state index in [1.165, 1.54) is 34.9 Å². The van der Waals surface area contributed by atoms with Gasteiger partial charge in [-0.1, -0.05) is 46.5 Å². The summed E-state index contributed by atoms with van der Waals surface area (Å²) in [6.45, 7) is 1.80. The molecular formula is C13H11ClN4OS3. The summed E-state index contributed by atoms with van der Waals surface area (Å²) >= 11 is 10.3. The van der Waals surface area contributed by atoms with Crippen molar-refractivity contribution in [3.8, 4) is 6.07 Å². The molecule has 0 radical (unpaired) electrons. The van der Waals surface area contributed by atoms with E-state index >= 15 is 0 Å². The third-order valence-electron chi connectivity index (χ3n) is 2.57. The summed E-state index contributed by atoms with van der Waals surface area (Å²) in [5.74, 6) is -0.160. The number of carbonyl (C=O) groups excluding carboxylic acids is 1. The highest BCUT2D eigenvalue weighted by atomic mass is 35.5. The fraction of sp³-hybridized carbons (Fsp3) is 0.231. The number of carbonyl (C=O) groups is 1. The maximum Gasteiger partial charge on any atom is 0.237 e. The van der Waals surface area contributed by atoms with Gasteiger partial charge in [0.1, 0.15) is 6.07 Å². The quantitative estimate of drug-likeness (QED) is 0.804. The number of amides is 1. The number of hydrogen-bond acceptors (Lipinski definition) is 7. The molecule has 0 unspecified atom stereocenters. The molecule has 0 fully saturated rings. The molecule has 5 nitrogen and oxygen atoms in total. The summed E-state index contributed by atoms with van der Waals surface area (Å²) in [6.07, 6.45) is 1.93. The fourth-order valence-corrected chi connectivity index (χ4v) is 4.26. The Morgan fingerprint density at radius 2 is 2.18 bits per heavy atom. The SMILES string of the molecule is CSc1nnc(S[C@@H](C)C(=O)Nc2ccc(C#N)c(Cl)c2)s1. The predicted octanol–water partition coefficient (Wildman–Crippen LogP) is 3.90. The van der Waals surface area contributed by atoms with Crippen LogP contribution < -0.4 is 5.32 Å². The zero-order valence-corrected chi connectivity index (χ0v) is 14.9. The molecule has 1 aromatic heterocycles. The summed E-state index contributed by atoms with van der Waals surface area (Å²) in [6, 6.07) is 6.76. The number of nitriles is 1. The normalized spacial score (nSPS) is 11.7. The predicted molar refractivity (Wildman–Crippen MR) is 91.8 cm³/mol. The lowest BCUT2D eigenvalue weighted by atomic mass is 10.2. The van der Waals surface area contributed by atoms with E-state index < -0.39 is 0 Å². The van der Waals surface area contributed by atoms with Gasteiger partial charge in [0.05, 0.1) is 15.8 Å². The standard InChI is InChI=1S/C13H11ClN4OS3/c1-7(21-13-18-17-12(20-2)22-13)11(19)16-9-4-3-8(6-15)10(14)5-9/h3-5,7H,1-2H3,(H,16,19)/t7-/m0/s1. The monoisotopic (exact) mass is 370 g/mol. The van der Waals surface area contributed by atoms with E-state index in [1.807, 2.05) is 12.3 Å². The van der Waals surface area contributed by atoms with Crippen LogP contribution in [0.1, 0.15) is 12.5 Å². The Kier molecular flexibility index (Phi) is 6.08. The molecule has 2 rings (SSSR count). The zero-order chi connectivity index (χ0) is 16.1. The van der Waals surface area contributed by atoms with Crippen LogP contribution in [0.25, 0.3) is 0 Å². The van der Waals surface area contributed by atoms with Crippen molar-refractivity contribution >= 4 is 58.1 Å². The van der Waals surface area contributed by atoms with Crippen molar-refractivity contribution in [3.05, 3.63) is 28.8 Å². The van der Waals surface area contributed by atoms with E-state index in [9.17, 15) is 4.79 Å². The second-order valence-corrected chi connectivity index (χ2v) is 8.12. The highest BCUT2D eigenvalue weighted by molar-refractivity contribution is 8.03. The van der Waals surface area contributed by atoms with Crippen LogP contribution in [0.2, 0.25) is 5.02 Å². The van der Waals surface area contributed by atoms with Gasteiger partial charge in [-0.2, -0.15) is 5.26 Å². The van der Waals surface area contributed by atoms with Crippen LogP contribution in [0.3, 0.4) is 0 Å². The maximum absolute atomic E-state index is 12.2. The molecule has 0 saturated heterocycles. The lowest BCUT2D eigenvalue weighted by Gasteiger charge is -2.10.